The first-order valence-electron chi connectivity index (χ1n) is 5.67. The summed E-state index contributed by atoms with van der Waals surface area (Å²) in [6, 6.07) is 10.3. The minimum Gasteiger partial charge on any atom is -0.478 e. The molecule has 0 spiro atoms. The van der Waals surface area contributed by atoms with Crippen molar-refractivity contribution < 1.29 is 9.90 Å². The number of carboxylic acids is 1. The molecule has 104 valence electrons. The summed E-state index contributed by atoms with van der Waals surface area (Å²) in [5.74, 6) is -0.445. The fourth-order valence-corrected chi connectivity index (χ4v) is 3.18. The second-order valence-electron chi connectivity index (χ2n) is 4.10. The first-order chi connectivity index (χ1) is 9.47. The molecule has 0 saturated heterocycles. The molecule has 20 heavy (non-hydrogen) atoms. The molecule has 0 aliphatic heterocycles. The van der Waals surface area contributed by atoms with E-state index in [4.69, 9.17) is 28.9 Å². The highest BCUT2D eigenvalue weighted by Gasteiger charge is 2.15. The lowest BCUT2D eigenvalue weighted by Gasteiger charge is -2.09. The number of benzene rings is 2. The van der Waals surface area contributed by atoms with Crippen LogP contribution in [0.2, 0.25) is 10.0 Å². The van der Waals surface area contributed by atoms with Crippen molar-refractivity contribution in [2.45, 2.75) is 10.6 Å². The number of nitrogen functional groups attached to an aromatic ring is 1. The molecule has 0 atom stereocenters. The molecular formula is C14H11Cl2NO2S. The van der Waals surface area contributed by atoms with Crippen LogP contribution < -0.4 is 5.73 Å². The molecule has 2 rings (SSSR count). The van der Waals surface area contributed by atoms with Gasteiger partial charge in [0.05, 0.1) is 10.6 Å². The average molecular weight is 328 g/mol. The monoisotopic (exact) mass is 327 g/mol. The predicted molar refractivity (Wildman–Crippen MR) is 83.8 cm³/mol. The number of carboxylic acid groups (broad SMARTS) is 1. The summed E-state index contributed by atoms with van der Waals surface area (Å²) >= 11 is 13.3. The van der Waals surface area contributed by atoms with Crippen LogP contribution in [0, 0.1) is 0 Å². The molecule has 0 aliphatic rings. The van der Waals surface area contributed by atoms with E-state index in [1.54, 1.807) is 18.2 Å². The Hall–Kier alpha value is -1.36. The standard InChI is InChI=1S/C14H11Cl2NO2S/c15-9-3-1-8(2-4-9)7-20-13-11(14(18)19)5-10(17)6-12(13)16/h1-6H,7,17H2,(H,18,19). The maximum atomic E-state index is 11.2. The Bertz CT molecular complexity index is 644. The van der Waals surface area contributed by atoms with Crippen molar-refractivity contribution in [1.82, 2.24) is 0 Å². The molecule has 0 radical (unpaired) electrons. The third-order valence-electron chi connectivity index (χ3n) is 2.59. The zero-order valence-corrected chi connectivity index (χ0v) is 12.6. The molecule has 0 aliphatic carbocycles. The van der Waals surface area contributed by atoms with Crippen molar-refractivity contribution in [3.05, 3.63) is 57.6 Å². The predicted octanol–water partition coefficient (Wildman–Crippen LogP) is 4.57. The van der Waals surface area contributed by atoms with E-state index in [1.807, 2.05) is 12.1 Å². The lowest BCUT2D eigenvalue weighted by atomic mass is 10.2. The molecule has 3 nitrogen and oxygen atoms in total. The Morgan fingerprint density at radius 2 is 1.85 bits per heavy atom. The molecule has 2 aromatic carbocycles. The summed E-state index contributed by atoms with van der Waals surface area (Å²) in [5, 5.41) is 10.2. The van der Waals surface area contributed by atoms with Gasteiger partial charge in [-0.3, -0.25) is 0 Å². The van der Waals surface area contributed by atoms with Crippen LogP contribution in [0.15, 0.2) is 41.3 Å². The van der Waals surface area contributed by atoms with Gasteiger partial charge in [0.2, 0.25) is 0 Å². The van der Waals surface area contributed by atoms with Crippen molar-refractivity contribution in [3.63, 3.8) is 0 Å². The first kappa shape index (κ1) is 15.0. The topological polar surface area (TPSA) is 63.3 Å². The molecule has 0 bridgehead atoms. The van der Waals surface area contributed by atoms with E-state index < -0.39 is 5.97 Å². The number of anilines is 1. The fraction of sp³-hybridized carbons (Fsp3) is 0.0714. The largest absolute Gasteiger partial charge is 0.478 e. The Morgan fingerprint density at radius 1 is 1.20 bits per heavy atom. The van der Waals surface area contributed by atoms with Crippen molar-refractivity contribution in [1.29, 1.82) is 0 Å². The van der Waals surface area contributed by atoms with Crippen molar-refractivity contribution in [3.8, 4) is 0 Å². The van der Waals surface area contributed by atoms with Gasteiger partial charge in [0.1, 0.15) is 0 Å². The van der Waals surface area contributed by atoms with E-state index in [2.05, 4.69) is 0 Å². The molecule has 2 aromatic rings. The van der Waals surface area contributed by atoms with Crippen LogP contribution in [-0.4, -0.2) is 11.1 Å². The molecule has 0 heterocycles. The Balaban J connectivity index is 2.24. The second-order valence-corrected chi connectivity index (χ2v) is 5.93. The number of hydrogen-bond donors (Lipinski definition) is 2. The van der Waals surface area contributed by atoms with Gasteiger partial charge >= 0.3 is 5.97 Å². The van der Waals surface area contributed by atoms with Gasteiger partial charge in [0.25, 0.3) is 0 Å². The molecule has 0 fully saturated rings. The number of aromatic carboxylic acids is 1. The molecule has 0 unspecified atom stereocenters. The number of nitrogens with two attached hydrogens (primary N) is 1. The normalized spacial score (nSPS) is 10.5. The van der Waals surface area contributed by atoms with Gasteiger partial charge in [-0.2, -0.15) is 0 Å². The zero-order valence-electron chi connectivity index (χ0n) is 10.3. The smallest absolute Gasteiger partial charge is 0.336 e. The number of halogens is 2. The van der Waals surface area contributed by atoms with Gasteiger partial charge in [-0.15, -0.1) is 11.8 Å². The van der Waals surface area contributed by atoms with Crippen molar-refractivity contribution in [2.24, 2.45) is 0 Å². The summed E-state index contributed by atoms with van der Waals surface area (Å²) in [5.41, 5.74) is 7.11. The van der Waals surface area contributed by atoms with E-state index in [9.17, 15) is 9.90 Å². The molecule has 0 aromatic heterocycles. The van der Waals surface area contributed by atoms with Gasteiger partial charge in [0.15, 0.2) is 0 Å². The molecule has 0 amide bonds. The van der Waals surface area contributed by atoms with Crippen LogP contribution in [0.5, 0.6) is 0 Å². The van der Waals surface area contributed by atoms with Crippen molar-refractivity contribution in [2.75, 3.05) is 5.73 Å². The van der Waals surface area contributed by atoms with E-state index in [0.29, 0.717) is 26.4 Å². The van der Waals surface area contributed by atoms with Gasteiger partial charge in [-0.25, -0.2) is 4.79 Å². The first-order valence-corrected chi connectivity index (χ1v) is 7.41. The Labute approximate surface area is 130 Å². The Morgan fingerprint density at radius 3 is 2.45 bits per heavy atom. The average Bonchev–Trinajstić information content (AvgIpc) is 2.38. The van der Waals surface area contributed by atoms with Gasteiger partial charge in [-0.05, 0) is 29.8 Å². The van der Waals surface area contributed by atoms with Crippen LogP contribution in [0.1, 0.15) is 15.9 Å². The van der Waals surface area contributed by atoms with Crippen LogP contribution >= 0.6 is 35.0 Å². The maximum absolute atomic E-state index is 11.2. The van der Waals surface area contributed by atoms with Crippen LogP contribution in [-0.2, 0) is 5.75 Å². The minimum absolute atomic E-state index is 0.119. The lowest BCUT2D eigenvalue weighted by Crippen LogP contribution is -2.01. The van der Waals surface area contributed by atoms with Crippen LogP contribution in [0.25, 0.3) is 0 Å². The SMILES string of the molecule is Nc1cc(Cl)c(SCc2ccc(Cl)cc2)c(C(=O)O)c1. The van der Waals surface area contributed by atoms with Crippen LogP contribution in [0.3, 0.4) is 0 Å². The highest BCUT2D eigenvalue weighted by atomic mass is 35.5. The number of rotatable bonds is 4. The molecule has 3 N–H and O–H groups in total. The summed E-state index contributed by atoms with van der Waals surface area (Å²) in [6.45, 7) is 0. The van der Waals surface area contributed by atoms with E-state index >= 15 is 0 Å². The quantitative estimate of drug-likeness (QED) is 0.638. The summed E-state index contributed by atoms with van der Waals surface area (Å²) in [4.78, 5) is 11.8. The Kier molecular flexibility index (Phi) is 4.81. The number of thioether (sulfide) groups is 1. The van der Waals surface area contributed by atoms with E-state index in [-0.39, 0.29) is 5.56 Å². The fourth-order valence-electron chi connectivity index (χ4n) is 1.66. The van der Waals surface area contributed by atoms with E-state index in [1.165, 1.54) is 17.8 Å². The van der Waals surface area contributed by atoms with Crippen LogP contribution in [0.4, 0.5) is 5.69 Å². The summed E-state index contributed by atoms with van der Waals surface area (Å²) in [6.07, 6.45) is 0. The second kappa shape index (κ2) is 6.39. The third-order valence-corrected chi connectivity index (χ3v) is 4.46. The third kappa shape index (κ3) is 3.60. The minimum atomic E-state index is -1.04. The lowest BCUT2D eigenvalue weighted by molar-refractivity contribution is 0.0693. The summed E-state index contributed by atoms with van der Waals surface area (Å²) < 4.78 is 0. The van der Waals surface area contributed by atoms with E-state index in [0.717, 1.165) is 5.56 Å². The summed E-state index contributed by atoms with van der Waals surface area (Å²) in [7, 11) is 0. The van der Waals surface area contributed by atoms with Gasteiger partial charge in [-0.1, -0.05) is 35.3 Å². The molecule has 0 saturated carbocycles. The highest BCUT2D eigenvalue weighted by Crippen LogP contribution is 2.35. The molecule has 6 heteroatoms. The maximum Gasteiger partial charge on any atom is 0.336 e. The van der Waals surface area contributed by atoms with Gasteiger partial charge in [0, 0.05) is 21.4 Å². The number of carbonyl (C=O) groups is 1. The zero-order chi connectivity index (χ0) is 14.7. The molecular weight excluding hydrogens is 317 g/mol. The number of hydrogen-bond acceptors (Lipinski definition) is 3. The van der Waals surface area contributed by atoms with Crippen molar-refractivity contribution >= 4 is 46.6 Å². The van der Waals surface area contributed by atoms with Gasteiger partial charge < -0.3 is 10.8 Å². The highest BCUT2D eigenvalue weighted by molar-refractivity contribution is 7.98.